The summed E-state index contributed by atoms with van der Waals surface area (Å²) in [6.45, 7) is 6.29. The second-order valence-electron chi connectivity index (χ2n) is 9.29. The number of amides is 1. The number of amidine groups is 1. The first kappa shape index (κ1) is 29.7. The molecule has 2 atom stereocenters. The molecule has 2 N–H and O–H groups in total. The van der Waals surface area contributed by atoms with Gasteiger partial charge in [0.2, 0.25) is 5.90 Å². The predicted octanol–water partition coefficient (Wildman–Crippen LogP) is 3.71. The first-order chi connectivity index (χ1) is 18.8. The molecule has 39 heavy (non-hydrogen) atoms. The summed E-state index contributed by atoms with van der Waals surface area (Å²) >= 11 is 0. The van der Waals surface area contributed by atoms with Crippen molar-refractivity contribution in [2.75, 3.05) is 34.0 Å². The van der Waals surface area contributed by atoms with Gasteiger partial charge in [-0.15, -0.1) is 0 Å². The van der Waals surface area contributed by atoms with E-state index in [-0.39, 0.29) is 31.3 Å². The number of rotatable bonds is 7. The maximum absolute atomic E-state index is 13.3. The Morgan fingerprint density at radius 2 is 2.15 bits per heavy atom. The average molecular weight is 536 g/mol. The molecule has 0 fully saturated rings. The summed E-state index contributed by atoms with van der Waals surface area (Å²) in [6.07, 6.45) is 7.64. The number of hydrogen-bond donors (Lipinski definition) is 2. The van der Waals surface area contributed by atoms with Gasteiger partial charge in [0.05, 0.1) is 25.5 Å². The topological polar surface area (TPSA) is 119 Å². The van der Waals surface area contributed by atoms with E-state index >= 15 is 0 Å². The Kier molecular flexibility index (Phi) is 11.4. The van der Waals surface area contributed by atoms with E-state index < -0.39 is 12.0 Å². The molecule has 0 aromatic heterocycles. The summed E-state index contributed by atoms with van der Waals surface area (Å²) in [7, 11) is 3.13. The number of aliphatic hydroxyl groups is 1. The van der Waals surface area contributed by atoms with Gasteiger partial charge in [-0.1, -0.05) is 18.7 Å². The first-order valence-corrected chi connectivity index (χ1v) is 13.0. The number of methoxy groups -OCH3 is 2. The molecule has 3 rings (SSSR count). The monoisotopic (exact) mass is 535 g/mol. The third-order valence-corrected chi connectivity index (χ3v) is 6.29. The highest BCUT2D eigenvalue weighted by Gasteiger charge is 2.32. The van der Waals surface area contributed by atoms with Crippen molar-refractivity contribution < 1.29 is 28.9 Å². The van der Waals surface area contributed by atoms with Crippen molar-refractivity contribution in [3.05, 3.63) is 83.3 Å². The molecule has 208 valence electrons. The Hall–Kier alpha value is -3.82. The number of aryl methyl sites for hydroxylation is 1. The molecule has 2 bridgehead atoms. The van der Waals surface area contributed by atoms with Crippen LogP contribution in [0.1, 0.15) is 42.1 Å². The number of benzene rings is 1. The third-order valence-electron chi connectivity index (χ3n) is 6.29. The average Bonchev–Trinajstić information content (AvgIpc) is 3.23. The largest absolute Gasteiger partial charge is 0.499 e. The molecule has 0 aliphatic carbocycles. The molecule has 2 heterocycles. The first-order valence-electron chi connectivity index (χ1n) is 13.0. The lowest BCUT2D eigenvalue weighted by Crippen LogP contribution is -2.36. The van der Waals surface area contributed by atoms with Crippen molar-refractivity contribution in [3.8, 4) is 0 Å². The number of nitrogens with zero attached hydrogens (tertiary/aromatic N) is 2. The van der Waals surface area contributed by atoms with Gasteiger partial charge in [-0.3, -0.25) is 14.6 Å². The van der Waals surface area contributed by atoms with Gasteiger partial charge in [-0.25, -0.2) is 4.99 Å². The molecule has 1 unspecified atom stereocenters. The molecule has 0 radical (unpaired) electrons. The van der Waals surface area contributed by atoms with Crippen molar-refractivity contribution in [2.45, 2.75) is 38.7 Å². The van der Waals surface area contributed by atoms with Crippen LogP contribution >= 0.6 is 0 Å². The minimum atomic E-state index is -0.782. The third kappa shape index (κ3) is 8.87. The number of fused-ring (bicyclic) bond motifs is 3. The number of carbonyl (C=O) groups excluding carboxylic acids is 2. The molecule has 2 aliphatic heterocycles. The highest BCUT2D eigenvalue weighted by Crippen LogP contribution is 2.32. The maximum atomic E-state index is 13.3. The summed E-state index contributed by atoms with van der Waals surface area (Å²) in [4.78, 5) is 33.9. The number of ketones is 1. The Morgan fingerprint density at radius 3 is 2.87 bits per heavy atom. The zero-order valence-electron chi connectivity index (χ0n) is 22.8. The zero-order chi connectivity index (χ0) is 28.2. The van der Waals surface area contributed by atoms with E-state index in [0.29, 0.717) is 48.1 Å². The van der Waals surface area contributed by atoms with Crippen LogP contribution < -0.4 is 5.32 Å². The fraction of sp³-hybridized carbons (Fsp3) is 0.400. The van der Waals surface area contributed by atoms with Crippen LogP contribution in [-0.4, -0.2) is 68.6 Å². The second-order valence-corrected chi connectivity index (χ2v) is 9.29. The van der Waals surface area contributed by atoms with Gasteiger partial charge < -0.3 is 24.6 Å². The summed E-state index contributed by atoms with van der Waals surface area (Å²) in [5, 5.41) is 13.9. The van der Waals surface area contributed by atoms with Gasteiger partial charge >= 0.3 is 0 Å². The van der Waals surface area contributed by atoms with Crippen LogP contribution in [0.2, 0.25) is 0 Å². The van der Waals surface area contributed by atoms with E-state index in [2.05, 4.69) is 21.9 Å². The Bertz CT molecular complexity index is 1210. The SMILES string of the molecule is C=CC1=C(/C=C(\COC)OC)[C@@H]2CC(O)CCOC(/C=C\C(C)=O)=NCCCc3cccc(c3)C(=O)NC2=N1. The van der Waals surface area contributed by atoms with Gasteiger partial charge in [-0.05, 0) is 67.7 Å². The number of nitrogens with one attached hydrogen (secondary N) is 1. The van der Waals surface area contributed by atoms with Gasteiger partial charge in [0.1, 0.15) is 18.2 Å². The van der Waals surface area contributed by atoms with Gasteiger partial charge in [0.25, 0.3) is 5.91 Å². The summed E-state index contributed by atoms with van der Waals surface area (Å²) in [5.74, 6) is 0.522. The lowest BCUT2D eigenvalue weighted by atomic mass is 9.90. The van der Waals surface area contributed by atoms with Gasteiger partial charge in [0.15, 0.2) is 5.78 Å². The standard InChI is InChI=1S/C30H37N3O6/c1-5-27-25(18-24(38-4)19-37-3)26-17-23(35)13-15-39-28(12-11-20(2)34)31-14-7-9-21-8-6-10-22(16-21)30(36)33-29(26)32-27/h5-6,8,10-12,16,18,23,26,35H,1,7,9,13-15,17,19H2,2-4H3,(H,32,33,36)/b12-11-,24-18+,31-28?/t23?,26-/m0/s1. The zero-order valence-corrected chi connectivity index (χ0v) is 22.8. The fourth-order valence-corrected chi connectivity index (χ4v) is 4.32. The maximum Gasteiger partial charge on any atom is 0.256 e. The quantitative estimate of drug-likeness (QED) is 0.406. The number of carbonyl (C=O) groups is 2. The van der Waals surface area contributed by atoms with E-state index in [9.17, 15) is 14.7 Å². The van der Waals surface area contributed by atoms with Crippen molar-refractivity contribution in [2.24, 2.45) is 15.9 Å². The lowest BCUT2D eigenvalue weighted by molar-refractivity contribution is -0.112. The smallest absolute Gasteiger partial charge is 0.256 e. The molecule has 2 aliphatic rings. The van der Waals surface area contributed by atoms with E-state index in [4.69, 9.17) is 14.2 Å². The Morgan fingerprint density at radius 1 is 1.33 bits per heavy atom. The van der Waals surface area contributed by atoms with E-state index in [1.165, 1.54) is 13.0 Å². The minimum absolute atomic E-state index is 0.110. The van der Waals surface area contributed by atoms with Crippen molar-refractivity contribution in [1.29, 1.82) is 0 Å². The van der Waals surface area contributed by atoms with Crippen molar-refractivity contribution >= 4 is 23.4 Å². The summed E-state index contributed by atoms with van der Waals surface area (Å²) in [6, 6.07) is 7.43. The number of allylic oxidation sites excluding steroid dienone is 3. The Balaban J connectivity index is 1.96. The molecule has 0 saturated carbocycles. The molecular formula is C30H37N3O6. The van der Waals surface area contributed by atoms with Crippen LogP contribution in [0.4, 0.5) is 0 Å². The molecule has 0 saturated heterocycles. The van der Waals surface area contributed by atoms with Crippen LogP contribution in [0.3, 0.4) is 0 Å². The van der Waals surface area contributed by atoms with Crippen molar-refractivity contribution in [1.82, 2.24) is 5.32 Å². The van der Waals surface area contributed by atoms with E-state index in [1.807, 2.05) is 24.3 Å². The molecular weight excluding hydrogens is 498 g/mol. The molecule has 9 nitrogen and oxygen atoms in total. The molecule has 1 aromatic rings. The molecule has 1 amide bonds. The minimum Gasteiger partial charge on any atom is -0.499 e. The number of hydrogen-bond acceptors (Lipinski definition) is 8. The van der Waals surface area contributed by atoms with Crippen LogP contribution in [0.15, 0.2) is 82.2 Å². The number of ether oxygens (including phenoxy) is 3. The Labute approximate surface area is 229 Å². The molecule has 9 heteroatoms. The van der Waals surface area contributed by atoms with Crippen molar-refractivity contribution in [3.63, 3.8) is 0 Å². The lowest BCUT2D eigenvalue weighted by Gasteiger charge is -2.21. The van der Waals surface area contributed by atoms with Crippen LogP contribution in [0.25, 0.3) is 0 Å². The van der Waals surface area contributed by atoms with Gasteiger partial charge in [0, 0.05) is 37.6 Å². The molecule has 0 spiro atoms. The summed E-state index contributed by atoms with van der Waals surface area (Å²) in [5.41, 5.74) is 2.85. The van der Waals surface area contributed by atoms with Crippen LogP contribution in [0, 0.1) is 5.92 Å². The van der Waals surface area contributed by atoms with Crippen LogP contribution in [-0.2, 0) is 25.4 Å². The normalized spacial score (nSPS) is 21.3. The van der Waals surface area contributed by atoms with Crippen LogP contribution in [0.5, 0.6) is 0 Å². The predicted molar refractivity (Wildman–Crippen MR) is 151 cm³/mol. The van der Waals surface area contributed by atoms with E-state index in [0.717, 1.165) is 17.6 Å². The second kappa shape index (κ2) is 14.9. The highest BCUT2D eigenvalue weighted by molar-refractivity contribution is 6.09. The number of aliphatic imine (C=N–C) groups is 2. The van der Waals surface area contributed by atoms with E-state index in [1.54, 1.807) is 32.4 Å². The highest BCUT2D eigenvalue weighted by atomic mass is 16.5. The molecule has 1 aromatic carbocycles. The number of aliphatic hydroxyl groups excluding tert-OH is 1. The van der Waals surface area contributed by atoms with Gasteiger partial charge in [-0.2, -0.15) is 0 Å². The fourth-order valence-electron chi connectivity index (χ4n) is 4.32. The summed E-state index contributed by atoms with van der Waals surface area (Å²) < 4.78 is 16.5.